The third kappa shape index (κ3) is 7.09. The van der Waals surface area contributed by atoms with Crippen LogP contribution in [-0.2, 0) is 16.2 Å². The van der Waals surface area contributed by atoms with Crippen LogP contribution in [0, 0.1) is 0 Å². The molecule has 0 bridgehead atoms. The van der Waals surface area contributed by atoms with E-state index in [1.807, 2.05) is 0 Å². The molecule has 0 N–H and O–H groups in total. The number of anilines is 3. The van der Waals surface area contributed by atoms with E-state index in [4.69, 9.17) is 0 Å². The third-order valence-corrected chi connectivity index (χ3v) is 13.3. The third-order valence-electron chi connectivity index (χ3n) is 13.3. The molecular weight excluding hydrogens is 651 g/mol. The Labute approximate surface area is 327 Å². The second-order valence-corrected chi connectivity index (χ2v) is 19.6. The fourth-order valence-electron chi connectivity index (χ4n) is 9.90. The van der Waals surface area contributed by atoms with Crippen molar-refractivity contribution in [3.63, 3.8) is 0 Å². The van der Waals surface area contributed by atoms with E-state index in [2.05, 4.69) is 163 Å². The molecule has 0 unspecified atom stereocenters. The molecule has 0 saturated heterocycles. The van der Waals surface area contributed by atoms with Gasteiger partial charge in [-0.05, 0) is 140 Å². The Morgan fingerprint density at radius 1 is 0.463 bits per heavy atom. The first-order valence-electron chi connectivity index (χ1n) is 21.2. The molecule has 0 radical (unpaired) electrons. The summed E-state index contributed by atoms with van der Waals surface area (Å²) in [5.74, 6) is 1.38. The van der Waals surface area contributed by atoms with E-state index in [-0.39, 0.29) is 16.2 Å². The first-order valence-corrected chi connectivity index (χ1v) is 21.2. The highest BCUT2D eigenvalue weighted by Gasteiger charge is 2.36. The van der Waals surface area contributed by atoms with Gasteiger partial charge < -0.3 is 4.90 Å². The van der Waals surface area contributed by atoms with Gasteiger partial charge in [0.15, 0.2) is 0 Å². The summed E-state index contributed by atoms with van der Waals surface area (Å²) in [5.41, 5.74) is 17.8. The summed E-state index contributed by atoms with van der Waals surface area (Å²) in [7, 11) is 0. The summed E-state index contributed by atoms with van der Waals surface area (Å²) in [6, 6.07) is 40.9. The molecule has 0 spiro atoms. The minimum atomic E-state index is -0.0750. The summed E-state index contributed by atoms with van der Waals surface area (Å²) in [5, 5.41) is 0. The maximum absolute atomic E-state index is 2.63. The van der Waals surface area contributed by atoms with Crippen LogP contribution in [0.1, 0.15) is 165 Å². The van der Waals surface area contributed by atoms with Crippen LogP contribution >= 0.6 is 0 Å². The molecule has 0 aromatic heterocycles. The van der Waals surface area contributed by atoms with Crippen LogP contribution in [0.25, 0.3) is 22.3 Å². The lowest BCUT2D eigenvalue weighted by atomic mass is 9.78. The molecule has 3 aliphatic carbocycles. The molecule has 5 aromatic rings. The van der Waals surface area contributed by atoms with Crippen molar-refractivity contribution >= 4 is 17.1 Å². The van der Waals surface area contributed by atoms with E-state index in [0.717, 1.165) is 0 Å². The van der Waals surface area contributed by atoms with Crippen LogP contribution in [-0.4, -0.2) is 0 Å². The average molecular weight is 714 g/mol. The summed E-state index contributed by atoms with van der Waals surface area (Å²) >= 11 is 0. The smallest absolute Gasteiger partial charge is 0.0467 e. The van der Waals surface area contributed by atoms with Gasteiger partial charge in [-0.1, -0.05) is 161 Å². The minimum Gasteiger partial charge on any atom is -0.310 e. The zero-order chi connectivity index (χ0) is 37.8. The van der Waals surface area contributed by atoms with Crippen molar-refractivity contribution in [3.05, 3.63) is 137 Å². The average Bonchev–Trinajstić information content (AvgIpc) is 3.40. The van der Waals surface area contributed by atoms with Crippen molar-refractivity contribution in [2.75, 3.05) is 4.90 Å². The summed E-state index contributed by atoms with van der Waals surface area (Å²) in [6.07, 6.45) is 13.6. The predicted molar refractivity (Wildman–Crippen MR) is 233 cm³/mol. The van der Waals surface area contributed by atoms with Gasteiger partial charge in [0.25, 0.3) is 0 Å². The normalized spacial score (nSPS) is 17.6. The molecule has 2 saturated carbocycles. The number of nitrogens with zero attached hydrogens (tertiary/aromatic N) is 1. The molecule has 0 amide bonds. The second-order valence-electron chi connectivity index (χ2n) is 19.6. The molecule has 54 heavy (non-hydrogen) atoms. The van der Waals surface area contributed by atoms with Crippen molar-refractivity contribution in [3.8, 4) is 22.3 Å². The van der Waals surface area contributed by atoms with E-state index in [1.54, 1.807) is 11.1 Å². The maximum Gasteiger partial charge on any atom is 0.0467 e. The lowest BCUT2D eigenvalue weighted by molar-refractivity contribution is 0.435. The van der Waals surface area contributed by atoms with Crippen LogP contribution in [0.4, 0.5) is 17.1 Å². The van der Waals surface area contributed by atoms with Gasteiger partial charge in [-0.15, -0.1) is 0 Å². The van der Waals surface area contributed by atoms with Crippen molar-refractivity contribution in [1.29, 1.82) is 0 Å². The van der Waals surface area contributed by atoms with Gasteiger partial charge in [-0.2, -0.15) is 0 Å². The van der Waals surface area contributed by atoms with Gasteiger partial charge >= 0.3 is 0 Å². The lowest BCUT2D eigenvalue weighted by Crippen LogP contribution is -2.20. The largest absolute Gasteiger partial charge is 0.310 e. The molecule has 0 aliphatic heterocycles. The number of fused-ring (bicyclic) bond motifs is 3. The first kappa shape index (κ1) is 36.9. The highest BCUT2D eigenvalue weighted by atomic mass is 15.1. The molecule has 8 rings (SSSR count). The van der Waals surface area contributed by atoms with E-state index < -0.39 is 0 Å². The molecule has 2 fully saturated rings. The highest BCUT2D eigenvalue weighted by Crippen LogP contribution is 2.51. The Morgan fingerprint density at radius 2 is 1.02 bits per heavy atom. The Morgan fingerprint density at radius 3 is 1.61 bits per heavy atom. The van der Waals surface area contributed by atoms with Crippen LogP contribution in [0.15, 0.2) is 103 Å². The molecule has 0 heterocycles. The van der Waals surface area contributed by atoms with Gasteiger partial charge in [0.1, 0.15) is 0 Å². The maximum atomic E-state index is 2.63. The van der Waals surface area contributed by atoms with Gasteiger partial charge in [0, 0.05) is 22.5 Å². The lowest BCUT2D eigenvalue weighted by Gasteiger charge is -2.32. The van der Waals surface area contributed by atoms with E-state index in [1.165, 1.54) is 126 Å². The predicted octanol–water partition coefficient (Wildman–Crippen LogP) is 15.8. The van der Waals surface area contributed by atoms with Crippen molar-refractivity contribution < 1.29 is 0 Å². The Bertz CT molecular complexity index is 2070. The zero-order valence-electron chi connectivity index (χ0n) is 34.5. The topological polar surface area (TPSA) is 3.24 Å². The molecular formula is C53H63N. The van der Waals surface area contributed by atoms with Crippen LogP contribution in [0.2, 0.25) is 0 Å². The van der Waals surface area contributed by atoms with Gasteiger partial charge in [-0.25, -0.2) is 0 Å². The number of hydrogen-bond donors (Lipinski definition) is 0. The summed E-state index contributed by atoms with van der Waals surface area (Å²) in [4.78, 5) is 2.56. The molecule has 3 aliphatic rings. The molecule has 0 atom stereocenters. The van der Waals surface area contributed by atoms with E-state index >= 15 is 0 Å². The minimum absolute atomic E-state index is 0.0141. The fraction of sp³-hybridized carbons (Fsp3) is 0.434. The van der Waals surface area contributed by atoms with E-state index in [0.29, 0.717) is 11.8 Å². The van der Waals surface area contributed by atoms with Crippen LogP contribution in [0.5, 0.6) is 0 Å². The molecule has 280 valence electrons. The van der Waals surface area contributed by atoms with E-state index in [9.17, 15) is 0 Å². The van der Waals surface area contributed by atoms with Crippen LogP contribution in [0.3, 0.4) is 0 Å². The number of rotatable bonds is 6. The molecule has 1 nitrogen and oxygen atoms in total. The fourth-order valence-corrected chi connectivity index (χ4v) is 9.90. The Kier molecular flexibility index (Phi) is 9.69. The standard InChI is InChI=1S/C53H63N/c1-51(2,3)42-32-43(52(4,5)6)34-46(33-42)54(45-26-27-48-47-24-15-16-25-49(47)53(7,8)50(48)35-45)44-23-17-22-38(31-44)41-29-39(36-18-11-9-12-19-36)28-40(30-41)37-20-13-10-14-21-37/h15-17,22-37H,9-14,18-21H2,1-8H3. The second kappa shape index (κ2) is 14.2. The Hall–Kier alpha value is -4.10. The monoisotopic (exact) mass is 713 g/mol. The van der Waals surface area contributed by atoms with Gasteiger partial charge in [0.05, 0.1) is 0 Å². The SMILES string of the molecule is CC(C)(C)c1cc(N(c2cccc(-c3cc(C4CCCCC4)cc(C4CCCCC4)c3)c2)c2ccc3c(c2)C(C)(C)c2ccccc2-3)cc(C(C)(C)C)c1. The van der Waals surface area contributed by atoms with Crippen molar-refractivity contribution in [2.24, 2.45) is 0 Å². The van der Waals surface area contributed by atoms with Gasteiger partial charge in [-0.3, -0.25) is 0 Å². The first-order chi connectivity index (χ1) is 25.8. The molecule has 1 heteroatoms. The van der Waals surface area contributed by atoms with Crippen molar-refractivity contribution in [2.45, 2.75) is 148 Å². The Balaban J connectivity index is 1.31. The number of benzene rings is 5. The summed E-state index contributed by atoms with van der Waals surface area (Å²) in [6.45, 7) is 18.9. The van der Waals surface area contributed by atoms with Crippen LogP contribution < -0.4 is 4.90 Å². The number of hydrogen-bond acceptors (Lipinski definition) is 1. The van der Waals surface area contributed by atoms with Crippen molar-refractivity contribution in [1.82, 2.24) is 0 Å². The quantitative estimate of drug-likeness (QED) is 0.169. The molecule has 5 aromatic carbocycles. The zero-order valence-corrected chi connectivity index (χ0v) is 34.5. The summed E-state index contributed by atoms with van der Waals surface area (Å²) < 4.78 is 0. The highest BCUT2D eigenvalue weighted by molar-refractivity contribution is 5.86. The van der Waals surface area contributed by atoms with Gasteiger partial charge in [0.2, 0.25) is 0 Å².